The summed E-state index contributed by atoms with van der Waals surface area (Å²) in [6.45, 7) is 2.07. The van der Waals surface area contributed by atoms with E-state index >= 15 is 0 Å². The van der Waals surface area contributed by atoms with E-state index in [9.17, 15) is 14.5 Å². The van der Waals surface area contributed by atoms with Crippen LogP contribution in [0.4, 0.5) is 15.8 Å². The number of hydrogen-bond donors (Lipinski definition) is 0. The number of anilines is 1. The van der Waals surface area contributed by atoms with Gasteiger partial charge in [-0.1, -0.05) is 17.7 Å². The summed E-state index contributed by atoms with van der Waals surface area (Å²) in [5, 5.41) is 11.2. The second-order valence-corrected chi connectivity index (χ2v) is 6.52. The molecule has 1 heterocycles. The Morgan fingerprint density at radius 1 is 1.32 bits per heavy atom. The number of nitro groups is 1. The molecule has 1 unspecified atom stereocenters. The van der Waals surface area contributed by atoms with E-state index in [1.54, 1.807) is 18.2 Å². The molecule has 2 aromatic carbocycles. The molecule has 0 radical (unpaired) electrons. The summed E-state index contributed by atoms with van der Waals surface area (Å²) in [5.41, 5.74) is 0.777. The van der Waals surface area contributed by atoms with Crippen LogP contribution in [0.15, 0.2) is 42.5 Å². The molecular formula is C18H18ClFN2O3. The quantitative estimate of drug-likeness (QED) is 0.571. The number of hydrogen-bond acceptors (Lipinski definition) is 4. The Morgan fingerprint density at radius 3 is 2.88 bits per heavy atom. The zero-order valence-electron chi connectivity index (χ0n) is 13.5. The molecule has 1 saturated heterocycles. The molecule has 5 nitrogen and oxygen atoms in total. The van der Waals surface area contributed by atoms with E-state index in [1.807, 2.05) is 0 Å². The Labute approximate surface area is 150 Å². The zero-order chi connectivity index (χ0) is 17.8. The van der Waals surface area contributed by atoms with Crippen molar-refractivity contribution in [3.05, 3.63) is 63.4 Å². The van der Waals surface area contributed by atoms with Gasteiger partial charge in [0, 0.05) is 37.2 Å². The summed E-state index contributed by atoms with van der Waals surface area (Å²) < 4.78 is 18.9. The first-order valence-electron chi connectivity index (χ1n) is 8.10. The smallest absolute Gasteiger partial charge is 0.271 e. The number of benzene rings is 2. The second kappa shape index (κ2) is 7.70. The van der Waals surface area contributed by atoms with Gasteiger partial charge in [0.1, 0.15) is 11.6 Å². The Morgan fingerprint density at radius 2 is 2.16 bits per heavy atom. The van der Waals surface area contributed by atoms with Gasteiger partial charge in [-0.25, -0.2) is 4.39 Å². The third-order valence-electron chi connectivity index (χ3n) is 4.28. The summed E-state index contributed by atoms with van der Waals surface area (Å²) in [6, 6.07) is 10.6. The van der Waals surface area contributed by atoms with E-state index in [4.69, 9.17) is 16.3 Å². The Balaban J connectivity index is 1.64. The fraction of sp³-hybridized carbons (Fsp3) is 0.333. The molecule has 25 heavy (non-hydrogen) atoms. The van der Waals surface area contributed by atoms with E-state index < -0.39 is 4.92 Å². The number of nitrogens with zero attached hydrogens (tertiary/aromatic N) is 2. The first kappa shape index (κ1) is 17.5. The molecule has 0 aromatic heterocycles. The molecule has 1 aliphatic rings. The van der Waals surface area contributed by atoms with Gasteiger partial charge in [-0.2, -0.15) is 0 Å². The Hall–Kier alpha value is -2.34. The van der Waals surface area contributed by atoms with Crippen molar-refractivity contribution in [2.24, 2.45) is 5.92 Å². The number of rotatable bonds is 5. The monoisotopic (exact) mass is 364 g/mol. The van der Waals surface area contributed by atoms with Gasteiger partial charge in [0.05, 0.1) is 22.2 Å². The standard InChI is InChI=1S/C18H18ClFN2O3/c19-17-10-15(22(23)24)6-7-18(17)21-8-2-3-13(11-21)12-25-16-5-1-4-14(20)9-16/h1,4-7,9-10,13H,2-3,8,11-12H2. The molecule has 0 saturated carbocycles. The molecule has 3 rings (SSSR count). The molecule has 0 aliphatic carbocycles. The summed E-state index contributed by atoms with van der Waals surface area (Å²) in [4.78, 5) is 12.5. The predicted octanol–water partition coefficient (Wildman–Crippen LogP) is 4.68. The molecule has 1 fully saturated rings. The lowest BCUT2D eigenvalue weighted by Crippen LogP contribution is -2.37. The average Bonchev–Trinajstić information content (AvgIpc) is 2.60. The van der Waals surface area contributed by atoms with Crippen molar-refractivity contribution < 1.29 is 14.1 Å². The van der Waals surface area contributed by atoms with Gasteiger partial charge < -0.3 is 9.64 Å². The highest BCUT2D eigenvalue weighted by atomic mass is 35.5. The van der Waals surface area contributed by atoms with E-state index in [-0.39, 0.29) is 17.4 Å². The highest BCUT2D eigenvalue weighted by molar-refractivity contribution is 6.33. The molecular weight excluding hydrogens is 347 g/mol. The molecule has 1 atom stereocenters. The minimum Gasteiger partial charge on any atom is -0.493 e. The van der Waals surface area contributed by atoms with Crippen LogP contribution in [0.2, 0.25) is 5.02 Å². The lowest BCUT2D eigenvalue weighted by atomic mass is 9.98. The van der Waals surface area contributed by atoms with Crippen LogP contribution in [0.5, 0.6) is 5.75 Å². The molecule has 0 N–H and O–H groups in total. The van der Waals surface area contributed by atoms with E-state index in [1.165, 1.54) is 24.3 Å². The van der Waals surface area contributed by atoms with Crippen LogP contribution in [-0.2, 0) is 0 Å². The van der Waals surface area contributed by atoms with Crippen LogP contribution in [0, 0.1) is 21.8 Å². The third-order valence-corrected chi connectivity index (χ3v) is 4.59. The maximum Gasteiger partial charge on any atom is 0.271 e. The number of ether oxygens (including phenoxy) is 1. The van der Waals surface area contributed by atoms with Gasteiger partial charge in [0.15, 0.2) is 0 Å². The third kappa shape index (κ3) is 4.39. The summed E-state index contributed by atoms with van der Waals surface area (Å²) in [7, 11) is 0. The number of halogens is 2. The van der Waals surface area contributed by atoms with Gasteiger partial charge in [0.2, 0.25) is 0 Å². The highest BCUT2D eigenvalue weighted by Crippen LogP contribution is 2.32. The average molecular weight is 365 g/mol. The second-order valence-electron chi connectivity index (χ2n) is 6.12. The van der Waals surface area contributed by atoms with E-state index in [0.29, 0.717) is 17.4 Å². The van der Waals surface area contributed by atoms with Gasteiger partial charge in [0.25, 0.3) is 5.69 Å². The van der Waals surface area contributed by atoms with Crippen molar-refractivity contribution in [3.8, 4) is 5.75 Å². The molecule has 132 valence electrons. The number of piperidine rings is 1. The predicted molar refractivity (Wildman–Crippen MR) is 94.9 cm³/mol. The first-order valence-corrected chi connectivity index (χ1v) is 8.48. The Kier molecular flexibility index (Phi) is 5.38. The Bertz CT molecular complexity index is 772. The van der Waals surface area contributed by atoms with Crippen LogP contribution < -0.4 is 9.64 Å². The number of nitro benzene ring substituents is 1. The molecule has 0 amide bonds. The van der Waals surface area contributed by atoms with E-state index in [2.05, 4.69) is 4.90 Å². The topological polar surface area (TPSA) is 55.6 Å². The van der Waals surface area contributed by atoms with Crippen LogP contribution in [0.3, 0.4) is 0 Å². The minimum atomic E-state index is -0.457. The van der Waals surface area contributed by atoms with Crippen molar-refractivity contribution in [1.29, 1.82) is 0 Å². The molecule has 7 heteroatoms. The van der Waals surface area contributed by atoms with Crippen molar-refractivity contribution in [2.75, 3.05) is 24.6 Å². The summed E-state index contributed by atoms with van der Waals surface area (Å²) in [5.74, 6) is 0.481. The van der Waals surface area contributed by atoms with Crippen LogP contribution in [0.25, 0.3) is 0 Å². The van der Waals surface area contributed by atoms with Gasteiger partial charge >= 0.3 is 0 Å². The number of non-ortho nitro benzene ring substituents is 1. The van der Waals surface area contributed by atoms with Gasteiger partial charge in [-0.05, 0) is 31.0 Å². The van der Waals surface area contributed by atoms with Crippen molar-refractivity contribution in [1.82, 2.24) is 0 Å². The molecule has 2 aromatic rings. The molecule has 0 bridgehead atoms. The minimum absolute atomic E-state index is 0.0169. The van der Waals surface area contributed by atoms with Gasteiger partial charge in [-0.3, -0.25) is 10.1 Å². The lowest BCUT2D eigenvalue weighted by Gasteiger charge is -2.34. The first-order chi connectivity index (χ1) is 12.0. The van der Waals surface area contributed by atoms with Crippen molar-refractivity contribution in [2.45, 2.75) is 12.8 Å². The largest absolute Gasteiger partial charge is 0.493 e. The van der Waals surface area contributed by atoms with Gasteiger partial charge in [-0.15, -0.1) is 0 Å². The maximum absolute atomic E-state index is 13.2. The fourth-order valence-corrected chi connectivity index (χ4v) is 3.35. The zero-order valence-corrected chi connectivity index (χ0v) is 14.3. The SMILES string of the molecule is O=[N+]([O-])c1ccc(N2CCCC(COc3cccc(F)c3)C2)c(Cl)c1. The van der Waals surface area contributed by atoms with Crippen LogP contribution >= 0.6 is 11.6 Å². The van der Waals surface area contributed by atoms with Crippen LogP contribution in [0.1, 0.15) is 12.8 Å². The molecule has 0 spiro atoms. The van der Waals surface area contributed by atoms with E-state index in [0.717, 1.165) is 31.6 Å². The lowest BCUT2D eigenvalue weighted by molar-refractivity contribution is -0.384. The summed E-state index contributed by atoms with van der Waals surface area (Å²) in [6.07, 6.45) is 1.99. The fourth-order valence-electron chi connectivity index (χ4n) is 3.06. The van der Waals surface area contributed by atoms with Crippen molar-refractivity contribution >= 4 is 23.0 Å². The van der Waals surface area contributed by atoms with Crippen LogP contribution in [-0.4, -0.2) is 24.6 Å². The maximum atomic E-state index is 13.2. The molecule has 1 aliphatic heterocycles. The highest BCUT2D eigenvalue weighted by Gasteiger charge is 2.23. The van der Waals surface area contributed by atoms with Crippen molar-refractivity contribution in [3.63, 3.8) is 0 Å². The summed E-state index contributed by atoms with van der Waals surface area (Å²) >= 11 is 6.23. The normalized spacial score (nSPS) is 17.4.